The van der Waals surface area contributed by atoms with Crippen LogP contribution in [0, 0.1) is 13.8 Å². The van der Waals surface area contributed by atoms with Crippen LogP contribution < -0.4 is 14.4 Å². The minimum Gasteiger partial charge on any atom is -0.497 e. The lowest BCUT2D eigenvalue weighted by atomic mass is 10.00. The fourth-order valence-electron chi connectivity index (χ4n) is 3.28. The molecular weight excluding hydrogens is 376 g/mol. The van der Waals surface area contributed by atoms with Crippen molar-refractivity contribution in [3.63, 3.8) is 0 Å². The molecule has 28 heavy (non-hydrogen) atoms. The highest BCUT2D eigenvalue weighted by molar-refractivity contribution is 7.92. The van der Waals surface area contributed by atoms with Gasteiger partial charge in [0.15, 0.2) is 0 Å². The molecule has 2 aromatic rings. The average molecular weight is 405 g/mol. The Bertz CT molecular complexity index is 957. The van der Waals surface area contributed by atoms with Crippen molar-refractivity contribution < 1.29 is 17.9 Å². The maximum absolute atomic E-state index is 12.9. The maximum atomic E-state index is 12.9. The Morgan fingerprint density at radius 3 is 2.36 bits per heavy atom. The fourth-order valence-corrected chi connectivity index (χ4v) is 4.45. The molecule has 0 radical (unpaired) electrons. The zero-order valence-electron chi connectivity index (χ0n) is 17.2. The van der Waals surface area contributed by atoms with Gasteiger partial charge in [0.2, 0.25) is 15.9 Å². The van der Waals surface area contributed by atoms with Crippen LogP contribution in [0.5, 0.6) is 5.75 Å². The van der Waals surface area contributed by atoms with Crippen LogP contribution in [0.15, 0.2) is 42.5 Å². The maximum Gasteiger partial charge on any atom is 0.244 e. The van der Waals surface area contributed by atoms with Crippen LogP contribution in [-0.4, -0.2) is 33.7 Å². The lowest BCUT2D eigenvalue weighted by Crippen LogP contribution is -2.48. The first-order valence-electron chi connectivity index (χ1n) is 9.05. The molecule has 2 atom stereocenters. The Morgan fingerprint density at radius 2 is 1.79 bits per heavy atom. The topological polar surface area (TPSA) is 75.7 Å². The third-order valence-electron chi connectivity index (χ3n) is 4.65. The summed E-state index contributed by atoms with van der Waals surface area (Å²) < 4.78 is 31.2. The van der Waals surface area contributed by atoms with Crippen LogP contribution >= 0.6 is 0 Å². The van der Waals surface area contributed by atoms with E-state index in [1.54, 1.807) is 31.2 Å². The Hall–Kier alpha value is -2.54. The Balaban J connectivity index is 2.28. The molecule has 1 N–H and O–H groups in total. The van der Waals surface area contributed by atoms with E-state index in [0.717, 1.165) is 27.3 Å². The largest absolute Gasteiger partial charge is 0.497 e. The number of nitrogens with one attached hydrogen (secondary N) is 1. The highest BCUT2D eigenvalue weighted by Crippen LogP contribution is 2.26. The van der Waals surface area contributed by atoms with E-state index >= 15 is 0 Å². The minimum atomic E-state index is -3.68. The summed E-state index contributed by atoms with van der Waals surface area (Å²) in [4.78, 5) is 12.9. The molecule has 6 nitrogen and oxygen atoms in total. The van der Waals surface area contributed by atoms with Crippen molar-refractivity contribution in [2.24, 2.45) is 0 Å². The summed E-state index contributed by atoms with van der Waals surface area (Å²) in [5.41, 5.74) is 3.60. The van der Waals surface area contributed by atoms with Gasteiger partial charge in [0.1, 0.15) is 11.8 Å². The van der Waals surface area contributed by atoms with Gasteiger partial charge in [0.05, 0.1) is 25.1 Å². The molecule has 2 aromatic carbocycles. The van der Waals surface area contributed by atoms with E-state index in [1.807, 2.05) is 32.9 Å². The summed E-state index contributed by atoms with van der Waals surface area (Å²) in [5.74, 6) is 0.142. The summed E-state index contributed by atoms with van der Waals surface area (Å²) >= 11 is 0. The SMILES string of the molecule is COc1cccc(N([C@@H](C)C(=O)N[C@H](C)c2ccc(C)cc2C)S(C)(=O)=O)c1. The third-order valence-corrected chi connectivity index (χ3v) is 5.89. The number of ether oxygens (including phenoxy) is 1. The number of benzene rings is 2. The number of anilines is 1. The normalized spacial score (nSPS) is 13.5. The summed E-state index contributed by atoms with van der Waals surface area (Å²) in [5, 5.41) is 2.93. The van der Waals surface area contributed by atoms with E-state index < -0.39 is 16.1 Å². The van der Waals surface area contributed by atoms with Gasteiger partial charge in [-0.15, -0.1) is 0 Å². The molecule has 2 rings (SSSR count). The number of aryl methyl sites for hydroxylation is 2. The number of hydrogen-bond acceptors (Lipinski definition) is 4. The molecule has 0 aliphatic carbocycles. The van der Waals surface area contributed by atoms with Crippen molar-refractivity contribution in [1.29, 1.82) is 0 Å². The van der Waals surface area contributed by atoms with Crippen molar-refractivity contribution in [2.75, 3.05) is 17.7 Å². The molecule has 0 aliphatic rings. The van der Waals surface area contributed by atoms with Gasteiger partial charge in [-0.3, -0.25) is 9.10 Å². The number of nitrogens with zero attached hydrogens (tertiary/aromatic N) is 1. The van der Waals surface area contributed by atoms with Gasteiger partial charge in [-0.05, 0) is 51.0 Å². The van der Waals surface area contributed by atoms with Gasteiger partial charge >= 0.3 is 0 Å². The number of amides is 1. The molecule has 0 saturated heterocycles. The van der Waals surface area contributed by atoms with Crippen LogP contribution in [0.25, 0.3) is 0 Å². The smallest absolute Gasteiger partial charge is 0.244 e. The highest BCUT2D eigenvalue weighted by atomic mass is 32.2. The van der Waals surface area contributed by atoms with E-state index in [1.165, 1.54) is 7.11 Å². The second-order valence-corrected chi connectivity index (χ2v) is 8.89. The summed E-state index contributed by atoms with van der Waals surface area (Å²) in [6.45, 7) is 7.47. The fraction of sp³-hybridized carbons (Fsp3) is 0.381. The molecule has 0 heterocycles. The van der Waals surface area contributed by atoms with Gasteiger partial charge < -0.3 is 10.1 Å². The summed E-state index contributed by atoms with van der Waals surface area (Å²) in [7, 11) is -2.18. The van der Waals surface area contributed by atoms with Crippen LogP contribution in [0.4, 0.5) is 5.69 Å². The van der Waals surface area contributed by atoms with E-state index in [0.29, 0.717) is 11.4 Å². The van der Waals surface area contributed by atoms with Crippen molar-refractivity contribution in [2.45, 2.75) is 39.8 Å². The van der Waals surface area contributed by atoms with Gasteiger partial charge in [-0.2, -0.15) is 0 Å². The molecule has 7 heteroatoms. The number of methoxy groups -OCH3 is 1. The molecule has 0 spiro atoms. The monoisotopic (exact) mass is 404 g/mol. The second-order valence-electron chi connectivity index (χ2n) is 7.03. The van der Waals surface area contributed by atoms with Crippen LogP contribution in [-0.2, 0) is 14.8 Å². The molecule has 0 bridgehead atoms. The molecule has 0 saturated carbocycles. The Labute approximate surface area is 167 Å². The van der Waals surface area contributed by atoms with E-state index in [-0.39, 0.29) is 11.9 Å². The van der Waals surface area contributed by atoms with E-state index in [4.69, 9.17) is 4.74 Å². The second kappa shape index (κ2) is 8.65. The van der Waals surface area contributed by atoms with Crippen LogP contribution in [0.1, 0.15) is 36.6 Å². The molecule has 0 aliphatic heterocycles. The minimum absolute atomic E-state index is 0.248. The number of rotatable bonds is 7. The van der Waals surface area contributed by atoms with Gasteiger partial charge in [-0.25, -0.2) is 8.42 Å². The van der Waals surface area contributed by atoms with Gasteiger partial charge in [0, 0.05) is 6.07 Å². The molecule has 0 aromatic heterocycles. The number of carbonyl (C=O) groups excluding carboxylic acids is 1. The van der Waals surface area contributed by atoms with Crippen molar-refractivity contribution in [1.82, 2.24) is 5.32 Å². The Morgan fingerprint density at radius 1 is 1.11 bits per heavy atom. The molecule has 0 fully saturated rings. The molecule has 152 valence electrons. The summed E-state index contributed by atoms with van der Waals surface area (Å²) in [6, 6.07) is 11.5. The zero-order valence-corrected chi connectivity index (χ0v) is 18.0. The predicted octanol–water partition coefficient (Wildman–Crippen LogP) is 3.34. The number of hydrogen-bond donors (Lipinski definition) is 1. The van der Waals surface area contributed by atoms with Gasteiger partial charge in [-0.1, -0.05) is 29.8 Å². The van der Waals surface area contributed by atoms with Crippen LogP contribution in [0.2, 0.25) is 0 Å². The first-order valence-corrected chi connectivity index (χ1v) is 10.9. The standard InChI is InChI=1S/C21H28N2O4S/c1-14-10-11-20(15(2)12-14)16(3)22-21(24)17(4)23(28(6,25)26)18-8-7-9-19(13-18)27-5/h7-13,16-17H,1-6H3,(H,22,24)/t16-,17+/m1/s1. The predicted molar refractivity (Wildman–Crippen MR) is 112 cm³/mol. The summed E-state index contributed by atoms with van der Waals surface area (Å²) in [6.07, 6.45) is 1.09. The number of carbonyl (C=O) groups is 1. The molecular formula is C21H28N2O4S. The average Bonchev–Trinajstić information content (AvgIpc) is 2.60. The number of sulfonamides is 1. The first kappa shape index (κ1) is 21.8. The van der Waals surface area contributed by atoms with E-state index in [2.05, 4.69) is 11.4 Å². The Kier molecular flexibility index (Phi) is 6.72. The zero-order chi connectivity index (χ0) is 21.1. The lowest BCUT2D eigenvalue weighted by Gasteiger charge is -2.29. The molecule has 0 unspecified atom stereocenters. The van der Waals surface area contributed by atoms with Gasteiger partial charge in [0.25, 0.3) is 0 Å². The van der Waals surface area contributed by atoms with Crippen LogP contribution in [0.3, 0.4) is 0 Å². The van der Waals surface area contributed by atoms with Crippen molar-refractivity contribution in [3.05, 3.63) is 59.2 Å². The van der Waals surface area contributed by atoms with Crippen molar-refractivity contribution in [3.8, 4) is 5.75 Å². The van der Waals surface area contributed by atoms with Crippen molar-refractivity contribution >= 4 is 21.6 Å². The molecule has 1 amide bonds. The first-order chi connectivity index (χ1) is 13.0. The highest BCUT2D eigenvalue weighted by Gasteiger charge is 2.30. The quantitative estimate of drug-likeness (QED) is 0.768. The lowest BCUT2D eigenvalue weighted by molar-refractivity contribution is -0.122. The van der Waals surface area contributed by atoms with E-state index in [9.17, 15) is 13.2 Å². The third kappa shape index (κ3) is 5.04.